The van der Waals surface area contributed by atoms with Gasteiger partial charge >= 0.3 is 0 Å². The zero-order valence-electron chi connectivity index (χ0n) is 17.9. The quantitative estimate of drug-likeness (QED) is 0.430. The lowest BCUT2D eigenvalue weighted by atomic mass is 10.1. The average molecular weight is 444 g/mol. The standard InChI is InChI=1S/C26H25N3O2S/c1-19-7-9-21(10-8-19)17-27-28-25(31)22-11-13-23(14-12-22)26-29(24(30)18-32-26)16-15-20-5-3-2-4-6-20/h2-14,17,26H,15-16,18H2,1H3,(H,28,31)/b27-17-/t26-/m1/s1. The molecule has 0 bridgehead atoms. The molecule has 32 heavy (non-hydrogen) atoms. The molecule has 6 heteroatoms. The summed E-state index contributed by atoms with van der Waals surface area (Å²) in [5.74, 6) is 0.370. The maximum absolute atomic E-state index is 12.4. The minimum absolute atomic E-state index is 0.0251. The van der Waals surface area contributed by atoms with Crippen LogP contribution >= 0.6 is 11.8 Å². The molecule has 0 spiro atoms. The first kappa shape index (κ1) is 21.8. The van der Waals surface area contributed by atoms with E-state index in [9.17, 15) is 9.59 Å². The van der Waals surface area contributed by atoms with Gasteiger partial charge in [-0.1, -0.05) is 72.3 Å². The summed E-state index contributed by atoms with van der Waals surface area (Å²) in [6.45, 7) is 2.70. The summed E-state index contributed by atoms with van der Waals surface area (Å²) in [6.07, 6.45) is 2.44. The zero-order chi connectivity index (χ0) is 22.3. The van der Waals surface area contributed by atoms with Gasteiger partial charge in [0.05, 0.1) is 12.0 Å². The molecule has 1 atom stereocenters. The number of nitrogens with zero attached hydrogens (tertiary/aromatic N) is 2. The molecule has 0 aliphatic carbocycles. The van der Waals surface area contributed by atoms with Crippen molar-refractivity contribution in [3.05, 3.63) is 107 Å². The number of rotatable bonds is 7. The Labute approximate surface area is 192 Å². The molecule has 3 aromatic rings. The number of nitrogens with one attached hydrogen (secondary N) is 1. The Morgan fingerprint density at radius 3 is 2.50 bits per heavy atom. The second kappa shape index (κ2) is 10.3. The average Bonchev–Trinajstić information content (AvgIpc) is 3.20. The number of aryl methyl sites for hydroxylation is 1. The normalized spacial score (nSPS) is 16.0. The molecular weight excluding hydrogens is 418 g/mol. The fourth-order valence-electron chi connectivity index (χ4n) is 3.55. The van der Waals surface area contributed by atoms with Crippen molar-refractivity contribution in [1.29, 1.82) is 0 Å². The lowest BCUT2D eigenvalue weighted by Crippen LogP contribution is -2.30. The van der Waals surface area contributed by atoms with E-state index in [1.807, 2.05) is 66.4 Å². The molecule has 1 heterocycles. The van der Waals surface area contributed by atoms with E-state index in [2.05, 4.69) is 22.7 Å². The van der Waals surface area contributed by atoms with E-state index in [1.54, 1.807) is 30.1 Å². The Kier molecular flexibility index (Phi) is 7.02. The van der Waals surface area contributed by atoms with Crippen molar-refractivity contribution in [1.82, 2.24) is 10.3 Å². The Hall–Kier alpha value is -3.38. The summed E-state index contributed by atoms with van der Waals surface area (Å²) in [5, 5.41) is 4.02. The smallest absolute Gasteiger partial charge is 0.271 e. The van der Waals surface area contributed by atoms with Gasteiger partial charge in [0.25, 0.3) is 5.91 Å². The van der Waals surface area contributed by atoms with E-state index in [4.69, 9.17) is 0 Å². The van der Waals surface area contributed by atoms with Gasteiger partial charge in [-0.15, -0.1) is 11.8 Å². The molecule has 3 aromatic carbocycles. The van der Waals surface area contributed by atoms with Crippen LogP contribution in [0.4, 0.5) is 0 Å². The largest absolute Gasteiger partial charge is 0.326 e. The highest BCUT2D eigenvalue weighted by molar-refractivity contribution is 8.00. The van der Waals surface area contributed by atoms with Crippen molar-refractivity contribution >= 4 is 29.8 Å². The van der Waals surface area contributed by atoms with Crippen LogP contribution in [-0.2, 0) is 11.2 Å². The van der Waals surface area contributed by atoms with Crippen LogP contribution in [-0.4, -0.2) is 35.2 Å². The maximum Gasteiger partial charge on any atom is 0.271 e. The molecular formula is C26H25N3O2S. The Morgan fingerprint density at radius 1 is 1.06 bits per heavy atom. The van der Waals surface area contributed by atoms with Crippen molar-refractivity contribution < 1.29 is 9.59 Å². The third-order valence-corrected chi connectivity index (χ3v) is 6.62. The van der Waals surface area contributed by atoms with Gasteiger partial charge in [-0.05, 0) is 42.2 Å². The van der Waals surface area contributed by atoms with Crippen LogP contribution in [0.15, 0.2) is 84.0 Å². The van der Waals surface area contributed by atoms with Crippen molar-refractivity contribution in [3.8, 4) is 0 Å². The van der Waals surface area contributed by atoms with Crippen LogP contribution in [0.2, 0.25) is 0 Å². The van der Waals surface area contributed by atoms with Crippen LogP contribution in [0, 0.1) is 6.92 Å². The summed E-state index contributed by atoms with van der Waals surface area (Å²) >= 11 is 1.63. The van der Waals surface area contributed by atoms with Gasteiger partial charge in [-0.2, -0.15) is 5.10 Å². The lowest BCUT2D eigenvalue weighted by molar-refractivity contribution is -0.128. The van der Waals surface area contributed by atoms with Crippen LogP contribution < -0.4 is 5.43 Å². The first-order valence-electron chi connectivity index (χ1n) is 10.6. The number of hydrazone groups is 1. The van der Waals surface area contributed by atoms with Gasteiger partial charge in [0.1, 0.15) is 5.37 Å². The van der Waals surface area contributed by atoms with Crippen molar-refractivity contribution in [2.45, 2.75) is 18.7 Å². The lowest BCUT2D eigenvalue weighted by Gasteiger charge is -2.24. The van der Waals surface area contributed by atoms with E-state index in [0.717, 1.165) is 17.5 Å². The zero-order valence-corrected chi connectivity index (χ0v) is 18.7. The summed E-state index contributed by atoms with van der Waals surface area (Å²) in [7, 11) is 0. The third kappa shape index (κ3) is 5.45. The van der Waals surface area contributed by atoms with Crippen molar-refractivity contribution in [2.75, 3.05) is 12.3 Å². The monoisotopic (exact) mass is 443 g/mol. The second-order valence-corrected chi connectivity index (χ2v) is 8.79. The minimum Gasteiger partial charge on any atom is -0.326 e. The number of benzene rings is 3. The van der Waals surface area contributed by atoms with E-state index < -0.39 is 0 Å². The first-order valence-corrected chi connectivity index (χ1v) is 11.6. The topological polar surface area (TPSA) is 61.8 Å². The highest BCUT2D eigenvalue weighted by Gasteiger charge is 2.32. The first-order chi connectivity index (χ1) is 15.6. The molecule has 4 rings (SSSR count). The van der Waals surface area contributed by atoms with E-state index >= 15 is 0 Å². The Morgan fingerprint density at radius 2 is 1.78 bits per heavy atom. The molecule has 1 saturated heterocycles. The molecule has 1 aliphatic rings. The summed E-state index contributed by atoms with van der Waals surface area (Å²) in [4.78, 5) is 26.8. The SMILES string of the molecule is Cc1ccc(/C=N\NC(=O)c2ccc([C@H]3SCC(=O)N3CCc3ccccc3)cc2)cc1. The van der Waals surface area contributed by atoms with E-state index in [1.165, 1.54) is 11.1 Å². The molecule has 0 radical (unpaired) electrons. The molecule has 1 fully saturated rings. The van der Waals surface area contributed by atoms with Gasteiger partial charge in [0.2, 0.25) is 5.91 Å². The number of thioether (sulfide) groups is 1. The van der Waals surface area contributed by atoms with Crippen LogP contribution in [0.25, 0.3) is 0 Å². The van der Waals surface area contributed by atoms with Crippen LogP contribution in [0.5, 0.6) is 0 Å². The third-order valence-electron chi connectivity index (χ3n) is 5.37. The van der Waals surface area contributed by atoms with Crippen molar-refractivity contribution in [3.63, 3.8) is 0 Å². The van der Waals surface area contributed by atoms with Gasteiger partial charge in [-0.3, -0.25) is 9.59 Å². The Balaban J connectivity index is 1.36. The van der Waals surface area contributed by atoms with Gasteiger partial charge in [-0.25, -0.2) is 5.43 Å². The summed E-state index contributed by atoms with van der Waals surface area (Å²) < 4.78 is 0. The number of hydrogen-bond donors (Lipinski definition) is 1. The molecule has 162 valence electrons. The molecule has 1 N–H and O–H groups in total. The number of amides is 2. The molecule has 2 amide bonds. The maximum atomic E-state index is 12.4. The fraction of sp³-hybridized carbons (Fsp3) is 0.192. The number of hydrogen-bond acceptors (Lipinski definition) is 4. The number of carbonyl (C=O) groups is 2. The van der Waals surface area contributed by atoms with Gasteiger partial charge in [0, 0.05) is 12.1 Å². The van der Waals surface area contributed by atoms with E-state index in [0.29, 0.717) is 17.9 Å². The molecule has 0 aromatic heterocycles. The second-order valence-electron chi connectivity index (χ2n) is 7.72. The minimum atomic E-state index is -0.268. The molecule has 1 aliphatic heterocycles. The fourth-order valence-corrected chi connectivity index (χ4v) is 4.77. The summed E-state index contributed by atoms with van der Waals surface area (Å²) in [6, 6.07) is 25.5. The number of carbonyl (C=O) groups excluding carboxylic acids is 2. The van der Waals surface area contributed by atoms with Gasteiger partial charge in [0.15, 0.2) is 0 Å². The van der Waals surface area contributed by atoms with Crippen LogP contribution in [0.1, 0.15) is 38.0 Å². The van der Waals surface area contributed by atoms with Crippen molar-refractivity contribution in [2.24, 2.45) is 5.10 Å². The molecule has 5 nitrogen and oxygen atoms in total. The molecule has 0 unspecified atom stereocenters. The highest BCUT2D eigenvalue weighted by Crippen LogP contribution is 2.38. The highest BCUT2D eigenvalue weighted by atomic mass is 32.2. The Bertz CT molecular complexity index is 1100. The molecule has 0 saturated carbocycles. The predicted octanol–water partition coefficient (Wildman–Crippen LogP) is 4.58. The predicted molar refractivity (Wildman–Crippen MR) is 130 cm³/mol. The summed E-state index contributed by atoms with van der Waals surface area (Å²) in [5.41, 5.74) is 7.43. The van der Waals surface area contributed by atoms with E-state index in [-0.39, 0.29) is 17.2 Å². The van der Waals surface area contributed by atoms with Crippen LogP contribution in [0.3, 0.4) is 0 Å². The van der Waals surface area contributed by atoms with Gasteiger partial charge < -0.3 is 4.90 Å².